The quantitative estimate of drug-likeness (QED) is 0.595. The van der Waals surface area contributed by atoms with Gasteiger partial charge in [-0.3, -0.25) is 14.5 Å². The molecule has 0 aliphatic carbocycles. The van der Waals surface area contributed by atoms with Gasteiger partial charge in [-0.2, -0.15) is 5.26 Å². The van der Waals surface area contributed by atoms with Crippen molar-refractivity contribution in [1.82, 2.24) is 5.32 Å². The van der Waals surface area contributed by atoms with E-state index in [4.69, 9.17) is 23.4 Å². The van der Waals surface area contributed by atoms with E-state index in [9.17, 15) is 9.59 Å². The van der Waals surface area contributed by atoms with Gasteiger partial charge in [-0.15, -0.1) is 0 Å². The summed E-state index contributed by atoms with van der Waals surface area (Å²) in [6.07, 6.45) is 0. The molecule has 7 heteroatoms. The molecular weight excluding hydrogens is 400 g/mol. The summed E-state index contributed by atoms with van der Waals surface area (Å²) in [5, 5.41) is 12.2. The van der Waals surface area contributed by atoms with Gasteiger partial charge in [0.1, 0.15) is 5.92 Å². The smallest absolute Gasteiger partial charge is 0.242 e. The van der Waals surface area contributed by atoms with Crippen molar-refractivity contribution in [2.75, 3.05) is 11.4 Å². The maximum Gasteiger partial charge on any atom is 0.242 e. The molecule has 2 aromatic rings. The van der Waals surface area contributed by atoms with Crippen molar-refractivity contribution < 1.29 is 9.59 Å². The molecule has 1 aliphatic rings. The number of carbonyl (C=O) groups excluding carboxylic acids is 2. The van der Waals surface area contributed by atoms with Crippen LogP contribution in [0, 0.1) is 23.8 Å². The number of rotatable bonds is 4. The van der Waals surface area contributed by atoms with Gasteiger partial charge in [-0.05, 0) is 49.7 Å². The normalized spacial score (nSPS) is 18.6. The molecular formula is C23H19ClN4O2. The largest absolute Gasteiger partial charge is 0.356 e. The summed E-state index contributed by atoms with van der Waals surface area (Å²) in [6, 6.07) is 15.4. The van der Waals surface area contributed by atoms with Crippen LogP contribution in [0.15, 0.2) is 59.9 Å². The average molecular weight is 419 g/mol. The van der Waals surface area contributed by atoms with Gasteiger partial charge in [0.15, 0.2) is 5.70 Å². The van der Waals surface area contributed by atoms with E-state index in [0.29, 0.717) is 39.8 Å². The minimum Gasteiger partial charge on any atom is -0.356 e. The summed E-state index contributed by atoms with van der Waals surface area (Å²) in [5.41, 5.74) is 2.34. The Bertz CT molecular complexity index is 1110. The van der Waals surface area contributed by atoms with Crippen molar-refractivity contribution >= 4 is 29.1 Å². The van der Waals surface area contributed by atoms with Crippen LogP contribution in [0.4, 0.5) is 5.69 Å². The number of hydrogen-bond acceptors (Lipinski definition) is 3. The van der Waals surface area contributed by atoms with E-state index in [1.807, 2.05) is 6.07 Å². The molecule has 1 aliphatic heterocycles. The van der Waals surface area contributed by atoms with Crippen LogP contribution in [0.5, 0.6) is 0 Å². The van der Waals surface area contributed by atoms with Gasteiger partial charge in [-0.1, -0.05) is 29.8 Å². The number of anilines is 1. The molecule has 0 bridgehead atoms. The van der Waals surface area contributed by atoms with Crippen molar-refractivity contribution in [2.45, 2.75) is 19.8 Å². The van der Waals surface area contributed by atoms with Crippen LogP contribution < -0.4 is 10.2 Å². The predicted octanol–water partition coefficient (Wildman–Crippen LogP) is 4.25. The number of hydrogen-bond donors (Lipinski definition) is 1. The van der Waals surface area contributed by atoms with Crippen LogP contribution in [0.2, 0.25) is 5.02 Å². The summed E-state index contributed by atoms with van der Waals surface area (Å²) < 4.78 is 0. The number of nitriles is 1. The fourth-order valence-corrected chi connectivity index (χ4v) is 3.88. The van der Waals surface area contributed by atoms with Gasteiger partial charge in [0.25, 0.3) is 0 Å². The standard InChI is InChI=1S/C23H19ClN4O2/c1-4-27-22(29)20-19(16-10-8-15(13-25)9-11-16)21(26-3)14(2)28(23(20)30)18-7-5-6-17(24)12-18/h5-12,19-20H,4H2,1-2H3,(H,27,29). The summed E-state index contributed by atoms with van der Waals surface area (Å²) in [4.78, 5) is 31.6. The van der Waals surface area contributed by atoms with Crippen LogP contribution >= 0.6 is 11.6 Å². The van der Waals surface area contributed by atoms with Gasteiger partial charge in [-0.25, -0.2) is 4.85 Å². The third kappa shape index (κ3) is 3.78. The fraction of sp³-hybridized carbons (Fsp3) is 0.217. The molecule has 0 saturated heterocycles. The summed E-state index contributed by atoms with van der Waals surface area (Å²) >= 11 is 6.11. The zero-order valence-electron chi connectivity index (χ0n) is 16.5. The van der Waals surface area contributed by atoms with Crippen LogP contribution in [0.3, 0.4) is 0 Å². The first kappa shape index (κ1) is 21.1. The van der Waals surface area contributed by atoms with E-state index >= 15 is 0 Å². The van der Waals surface area contributed by atoms with Crippen LogP contribution in [-0.2, 0) is 9.59 Å². The second-order valence-electron chi connectivity index (χ2n) is 6.82. The first-order chi connectivity index (χ1) is 14.4. The Morgan fingerprint density at radius 1 is 1.30 bits per heavy atom. The third-order valence-electron chi connectivity index (χ3n) is 5.04. The lowest BCUT2D eigenvalue weighted by atomic mass is 9.78. The molecule has 2 amide bonds. The maximum absolute atomic E-state index is 13.6. The van der Waals surface area contributed by atoms with Crippen LogP contribution in [-0.4, -0.2) is 18.4 Å². The second-order valence-corrected chi connectivity index (χ2v) is 7.26. The maximum atomic E-state index is 13.6. The van der Waals surface area contributed by atoms with E-state index in [1.54, 1.807) is 62.4 Å². The number of nitrogens with zero attached hydrogens (tertiary/aromatic N) is 3. The topological polar surface area (TPSA) is 77.6 Å². The zero-order valence-corrected chi connectivity index (χ0v) is 17.3. The molecule has 150 valence electrons. The lowest BCUT2D eigenvalue weighted by Crippen LogP contribution is -2.49. The minimum atomic E-state index is -1.12. The average Bonchev–Trinajstić information content (AvgIpc) is 2.73. The summed E-state index contributed by atoms with van der Waals surface area (Å²) in [6.45, 7) is 11.6. The molecule has 0 saturated carbocycles. The Morgan fingerprint density at radius 3 is 2.57 bits per heavy atom. The van der Waals surface area contributed by atoms with Gasteiger partial charge >= 0.3 is 0 Å². The molecule has 1 heterocycles. The van der Waals surface area contributed by atoms with Gasteiger partial charge < -0.3 is 5.32 Å². The van der Waals surface area contributed by atoms with Crippen molar-refractivity contribution in [3.63, 3.8) is 0 Å². The van der Waals surface area contributed by atoms with Gasteiger partial charge in [0.2, 0.25) is 11.8 Å². The van der Waals surface area contributed by atoms with Crippen LogP contribution in [0.1, 0.15) is 30.9 Å². The first-order valence-electron chi connectivity index (χ1n) is 9.38. The lowest BCUT2D eigenvalue weighted by Gasteiger charge is -2.38. The van der Waals surface area contributed by atoms with Crippen molar-refractivity contribution in [2.24, 2.45) is 5.92 Å². The van der Waals surface area contributed by atoms with E-state index in [1.165, 1.54) is 4.90 Å². The minimum absolute atomic E-state index is 0.301. The Balaban J connectivity index is 2.22. The highest BCUT2D eigenvalue weighted by Gasteiger charge is 2.46. The first-order valence-corrected chi connectivity index (χ1v) is 9.76. The molecule has 2 atom stereocenters. The Hall–Kier alpha value is -3.61. The molecule has 6 nitrogen and oxygen atoms in total. The van der Waals surface area contributed by atoms with E-state index in [-0.39, 0.29) is 0 Å². The SMILES string of the molecule is [C-]#[N+]C1=C(C)N(c2cccc(Cl)c2)C(=O)C(C(=O)NCC)C1c1ccc(C#N)cc1. The predicted molar refractivity (Wildman–Crippen MR) is 114 cm³/mol. The Labute approximate surface area is 180 Å². The highest BCUT2D eigenvalue weighted by molar-refractivity contribution is 6.31. The number of amides is 2. The highest BCUT2D eigenvalue weighted by Crippen LogP contribution is 2.43. The number of allylic oxidation sites excluding steroid dienone is 2. The third-order valence-corrected chi connectivity index (χ3v) is 5.27. The van der Waals surface area contributed by atoms with Gasteiger partial charge in [0.05, 0.1) is 18.2 Å². The number of carbonyl (C=O) groups is 2. The molecule has 30 heavy (non-hydrogen) atoms. The van der Waals surface area contributed by atoms with E-state index in [0.717, 1.165) is 0 Å². The lowest BCUT2D eigenvalue weighted by molar-refractivity contribution is -0.134. The van der Waals surface area contributed by atoms with Crippen molar-refractivity contribution in [1.29, 1.82) is 5.26 Å². The fourth-order valence-electron chi connectivity index (χ4n) is 3.69. The zero-order chi connectivity index (χ0) is 21.8. The summed E-state index contributed by atoms with van der Waals surface area (Å²) in [5.74, 6) is -2.74. The molecule has 0 radical (unpaired) electrons. The summed E-state index contributed by atoms with van der Waals surface area (Å²) in [7, 11) is 0. The van der Waals surface area contributed by atoms with Crippen molar-refractivity contribution in [3.05, 3.63) is 87.5 Å². The molecule has 2 aromatic carbocycles. The highest BCUT2D eigenvalue weighted by atomic mass is 35.5. The number of benzene rings is 2. The molecule has 3 rings (SSSR count). The monoisotopic (exact) mass is 418 g/mol. The number of halogens is 1. The molecule has 0 fully saturated rings. The Morgan fingerprint density at radius 2 is 2.00 bits per heavy atom. The van der Waals surface area contributed by atoms with Crippen LogP contribution in [0.25, 0.3) is 4.85 Å². The molecule has 0 spiro atoms. The Kier molecular flexibility index (Phi) is 6.20. The van der Waals surface area contributed by atoms with E-state index < -0.39 is 23.7 Å². The van der Waals surface area contributed by atoms with Crippen molar-refractivity contribution in [3.8, 4) is 6.07 Å². The van der Waals surface area contributed by atoms with E-state index in [2.05, 4.69) is 10.2 Å². The second kappa shape index (κ2) is 8.82. The number of nitrogens with one attached hydrogen (secondary N) is 1. The molecule has 1 N–H and O–H groups in total. The molecule has 2 unspecified atom stereocenters. The van der Waals surface area contributed by atoms with Gasteiger partial charge in [0, 0.05) is 28.9 Å². The molecule has 0 aromatic heterocycles.